The third-order valence-electron chi connectivity index (χ3n) is 4.47. The molecule has 1 aromatic carbocycles. The number of rotatable bonds is 8. The summed E-state index contributed by atoms with van der Waals surface area (Å²) in [5.74, 6) is -1.35. The van der Waals surface area contributed by atoms with E-state index in [0.717, 1.165) is 5.56 Å². The van der Waals surface area contributed by atoms with Crippen molar-refractivity contribution in [3.8, 4) is 0 Å². The minimum Gasteiger partial charge on any atom is -0.503 e. The number of aliphatic hydroxyl groups excluding tert-OH is 1. The molecule has 3 rings (SSSR count). The Hall–Kier alpha value is -2.15. The van der Waals surface area contributed by atoms with Gasteiger partial charge in [-0.2, -0.15) is 0 Å². The molecule has 0 radical (unpaired) electrons. The molecule has 0 bridgehead atoms. The lowest BCUT2D eigenvalue weighted by molar-refractivity contribution is -0.129. The van der Waals surface area contributed by atoms with E-state index in [4.69, 9.17) is 16.3 Å². The van der Waals surface area contributed by atoms with Crippen molar-refractivity contribution in [3.05, 3.63) is 68.6 Å². The van der Waals surface area contributed by atoms with Crippen molar-refractivity contribution in [1.29, 1.82) is 0 Å². The first-order valence-corrected chi connectivity index (χ1v) is 10.3. The number of carbonyl (C=O) groups is 2. The van der Waals surface area contributed by atoms with Crippen molar-refractivity contribution in [2.45, 2.75) is 32.4 Å². The first-order valence-electron chi connectivity index (χ1n) is 9.09. The van der Waals surface area contributed by atoms with Gasteiger partial charge in [-0.05, 0) is 49.4 Å². The van der Waals surface area contributed by atoms with Crippen molar-refractivity contribution in [1.82, 2.24) is 4.90 Å². The number of carbonyl (C=O) groups excluding carboxylic acids is 2. The van der Waals surface area contributed by atoms with E-state index >= 15 is 0 Å². The van der Waals surface area contributed by atoms with Crippen LogP contribution in [-0.4, -0.2) is 41.0 Å². The summed E-state index contributed by atoms with van der Waals surface area (Å²) < 4.78 is 5.56. The molecule has 0 aliphatic carbocycles. The number of nitrogens with zero attached hydrogens (tertiary/aromatic N) is 1. The first-order chi connectivity index (χ1) is 13.4. The van der Waals surface area contributed by atoms with E-state index < -0.39 is 17.7 Å². The predicted octanol–water partition coefficient (Wildman–Crippen LogP) is 4.79. The zero-order chi connectivity index (χ0) is 20.3. The summed E-state index contributed by atoms with van der Waals surface area (Å²) in [5.41, 5.74) is 0.839. The Morgan fingerprint density at radius 2 is 2.00 bits per heavy atom. The van der Waals surface area contributed by atoms with E-state index in [1.807, 2.05) is 13.8 Å². The molecule has 0 unspecified atom stereocenters. The van der Waals surface area contributed by atoms with Crippen LogP contribution in [0.5, 0.6) is 0 Å². The number of hydrogen-bond acceptors (Lipinski definition) is 5. The Labute approximate surface area is 173 Å². The molecule has 0 saturated carbocycles. The third kappa shape index (κ3) is 4.29. The van der Waals surface area contributed by atoms with Crippen LogP contribution in [0.1, 0.15) is 41.5 Å². The zero-order valence-electron chi connectivity index (χ0n) is 15.7. The van der Waals surface area contributed by atoms with Crippen molar-refractivity contribution < 1.29 is 19.4 Å². The van der Waals surface area contributed by atoms with E-state index in [-0.39, 0.29) is 17.5 Å². The second-order valence-corrected chi connectivity index (χ2v) is 8.18. The van der Waals surface area contributed by atoms with Crippen LogP contribution in [0.15, 0.2) is 53.1 Å². The fourth-order valence-corrected chi connectivity index (χ4v) is 4.01. The minimum absolute atomic E-state index is 0.101. The van der Waals surface area contributed by atoms with Crippen LogP contribution in [0.25, 0.3) is 0 Å². The fourth-order valence-electron chi connectivity index (χ4n) is 3.20. The highest BCUT2D eigenvalue weighted by atomic mass is 35.5. The summed E-state index contributed by atoms with van der Waals surface area (Å²) in [6.45, 7) is 4.75. The summed E-state index contributed by atoms with van der Waals surface area (Å²) in [4.78, 5) is 27.8. The van der Waals surface area contributed by atoms with Gasteiger partial charge in [-0.25, -0.2) is 0 Å². The van der Waals surface area contributed by atoms with Crippen LogP contribution in [0.4, 0.5) is 0 Å². The summed E-state index contributed by atoms with van der Waals surface area (Å²) >= 11 is 7.28. The summed E-state index contributed by atoms with van der Waals surface area (Å²) in [7, 11) is 0. The molecule has 1 atom stereocenters. The van der Waals surface area contributed by atoms with Gasteiger partial charge in [-0.3, -0.25) is 9.59 Å². The van der Waals surface area contributed by atoms with Crippen LogP contribution in [0.3, 0.4) is 0 Å². The number of hydrogen-bond donors (Lipinski definition) is 1. The summed E-state index contributed by atoms with van der Waals surface area (Å²) in [5, 5.41) is 12.9. The standard InChI is InChI=1S/C21H22ClNO4S/c1-13(2)27-11-4-10-23-18(14-6-8-15(22)9-7-14)17(20(25)21(23)26)19(24)16-5-3-12-28-16/h3,5-9,12-13,18,25H,4,10-11H2,1-2H3/t18-/m1/s1. The molecular weight excluding hydrogens is 398 g/mol. The van der Waals surface area contributed by atoms with Gasteiger partial charge >= 0.3 is 0 Å². The predicted molar refractivity (Wildman–Crippen MR) is 110 cm³/mol. The van der Waals surface area contributed by atoms with Gasteiger partial charge in [-0.1, -0.05) is 29.8 Å². The lowest BCUT2D eigenvalue weighted by Gasteiger charge is -2.27. The Morgan fingerprint density at radius 3 is 2.61 bits per heavy atom. The highest BCUT2D eigenvalue weighted by Crippen LogP contribution is 2.39. The lowest BCUT2D eigenvalue weighted by Crippen LogP contribution is -2.32. The smallest absolute Gasteiger partial charge is 0.290 e. The molecule has 0 spiro atoms. The number of ether oxygens (including phenoxy) is 1. The summed E-state index contributed by atoms with van der Waals surface area (Å²) in [6.07, 6.45) is 0.700. The number of halogens is 1. The van der Waals surface area contributed by atoms with Gasteiger partial charge in [0.25, 0.3) is 5.91 Å². The molecule has 1 N–H and O–H groups in total. The number of thiophene rings is 1. The molecule has 0 fully saturated rings. The van der Waals surface area contributed by atoms with E-state index in [9.17, 15) is 14.7 Å². The van der Waals surface area contributed by atoms with E-state index in [0.29, 0.717) is 29.5 Å². The molecule has 0 saturated heterocycles. The van der Waals surface area contributed by atoms with Crippen molar-refractivity contribution >= 4 is 34.6 Å². The minimum atomic E-state index is -0.654. The van der Waals surface area contributed by atoms with E-state index in [1.54, 1.807) is 41.8 Å². The van der Waals surface area contributed by atoms with Crippen LogP contribution in [0, 0.1) is 0 Å². The van der Waals surface area contributed by atoms with Crippen LogP contribution in [-0.2, 0) is 9.53 Å². The molecule has 1 amide bonds. The van der Waals surface area contributed by atoms with Crippen molar-refractivity contribution in [2.75, 3.05) is 13.2 Å². The van der Waals surface area contributed by atoms with Gasteiger partial charge in [0.1, 0.15) is 0 Å². The van der Waals surface area contributed by atoms with E-state index in [2.05, 4.69) is 0 Å². The average molecular weight is 420 g/mol. The maximum atomic E-state index is 13.0. The lowest BCUT2D eigenvalue weighted by atomic mass is 9.95. The Bertz CT molecular complexity index is 874. The monoisotopic (exact) mass is 419 g/mol. The molecule has 148 valence electrons. The highest BCUT2D eigenvalue weighted by molar-refractivity contribution is 7.12. The maximum Gasteiger partial charge on any atom is 0.290 e. The van der Waals surface area contributed by atoms with Gasteiger partial charge in [0.2, 0.25) is 5.78 Å². The number of aliphatic hydroxyl groups is 1. The van der Waals surface area contributed by atoms with Gasteiger partial charge in [-0.15, -0.1) is 11.3 Å². The topological polar surface area (TPSA) is 66.8 Å². The van der Waals surface area contributed by atoms with Crippen LogP contribution in [0.2, 0.25) is 5.02 Å². The molecular formula is C21H22ClNO4S. The van der Waals surface area contributed by atoms with Crippen LogP contribution >= 0.6 is 22.9 Å². The third-order valence-corrected chi connectivity index (χ3v) is 5.59. The Kier molecular flexibility index (Phi) is 6.54. The number of amides is 1. The molecule has 1 aromatic heterocycles. The van der Waals surface area contributed by atoms with Crippen LogP contribution < -0.4 is 0 Å². The Balaban J connectivity index is 1.93. The zero-order valence-corrected chi connectivity index (χ0v) is 17.3. The summed E-state index contributed by atoms with van der Waals surface area (Å²) in [6, 6.07) is 9.78. The van der Waals surface area contributed by atoms with Gasteiger partial charge in [0.05, 0.1) is 22.6 Å². The highest BCUT2D eigenvalue weighted by Gasteiger charge is 2.43. The van der Waals surface area contributed by atoms with E-state index in [1.165, 1.54) is 16.2 Å². The molecule has 2 heterocycles. The Morgan fingerprint density at radius 1 is 1.29 bits per heavy atom. The maximum absolute atomic E-state index is 13.0. The SMILES string of the molecule is CC(C)OCCCN1C(=O)C(O)=C(C(=O)c2cccs2)[C@H]1c1ccc(Cl)cc1. The fraction of sp³-hybridized carbons (Fsp3) is 0.333. The largest absolute Gasteiger partial charge is 0.503 e. The normalized spacial score (nSPS) is 17.1. The average Bonchev–Trinajstić information content (AvgIpc) is 3.28. The number of benzene rings is 1. The quantitative estimate of drug-likeness (QED) is 0.493. The molecule has 5 nitrogen and oxygen atoms in total. The molecule has 1 aliphatic heterocycles. The second kappa shape index (κ2) is 8.90. The van der Waals surface area contributed by atoms with Gasteiger partial charge < -0.3 is 14.7 Å². The second-order valence-electron chi connectivity index (χ2n) is 6.79. The molecule has 2 aromatic rings. The first kappa shape index (κ1) is 20.6. The van der Waals surface area contributed by atoms with Gasteiger partial charge in [0, 0.05) is 18.2 Å². The number of Topliss-reactive ketones (excluding diaryl/α,β-unsaturated/α-hetero) is 1. The molecule has 7 heteroatoms. The van der Waals surface area contributed by atoms with Gasteiger partial charge in [0.15, 0.2) is 5.76 Å². The van der Waals surface area contributed by atoms with Crippen molar-refractivity contribution in [3.63, 3.8) is 0 Å². The molecule has 1 aliphatic rings. The molecule has 28 heavy (non-hydrogen) atoms. The van der Waals surface area contributed by atoms with Crippen molar-refractivity contribution in [2.24, 2.45) is 0 Å². The number of ketones is 1.